The molecule has 3 nitrogen and oxygen atoms in total. The summed E-state index contributed by atoms with van der Waals surface area (Å²) < 4.78 is 1.71. The smallest absolute Gasteiger partial charge is 0.259 e. The number of nitrogens with two attached hydrogens (primary N) is 1. The second kappa shape index (κ2) is 4.48. The third-order valence-electron chi connectivity index (χ3n) is 4.42. The van der Waals surface area contributed by atoms with Gasteiger partial charge < -0.3 is 5.73 Å². The van der Waals surface area contributed by atoms with Gasteiger partial charge in [0.2, 0.25) is 0 Å². The average Bonchev–Trinajstić information content (AvgIpc) is 2.47. The van der Waals surface area contributed by atoms with Crippen molar-refractivity contribution in [3.63, 3.8) is 0 Å². The maximum absolute atomic E-state index is 12.6. The van der Waals surface area contributed by atoms with E-state index in [2.05, 4.69) is 24.3 Å². The zero-order valence-corrected chi connectivity index (χ0v) is 11.6. The van der Waals surface area contributed by atoms with E-state index in [4.69, 9.17) is 5.73 Å². The second-order valence-corrected chi connectivity index (χ2v) is 5.67. The first-order valence-electron chi connectivity index (χ1n) is 7.20. The number of pyridine rings is 1. The number of nitrogens with zero attached hydrogens (tertiary/aromatic N) is 1. The summed E-state index contributed by atoms with van der Waals surface area (Å²) in [4.78, 5) is 12.6. The SMILES string of the molecule is Nc1cc2ccccc2c(=O)n1CC1Cc2ccccc21. The van der Waals surface area contributed by atoms with Gasteiger partial charge in [-0.05, 0) is 35.1 Å². The molecule has 21 heavy (non-hydrogen) atoms. The zero-order valence-electron chi connectivity index (χ0n) is 11.6. The first-order chi connectivity index (χ1) is 10.2. The monoisotopic (exact) mass is 276 g/mol. The molecule has 4 rings (SSSR count). The molecule has 1 heterocycles. The normalized spacial score (nSPS) is 16.5. The van der Waals surface area contributed by atoms with Crippen molar-refractivity contribution in [1.29, 1.82) is 0 Å². The summed E-state index contributed by atoms with van der Waals surface area (Å²) in [6, 6.07) is 17.9. The molecule has 0 radical (unpaired) electrons. The molecule has 0 saturated heterocycles. The minimum atomic E-state index is 0.00924. The predicted molar refractivity (Wildman–Crippen MR) is 85.5 cm³/mol. The predicted octanol–water partition coefficient (Wildman–Crippen LogP) is 2.92. The summed E-state index contributed by atoms with van der Waals surface area (Å²) in [7, 11) is 0. The maximum Gasteiger partial charge on any atom is 0.259 e. The van der Waals surface area contributed by atoms with E-state index in [1.54, 1.807) is 4.57 Å². The van der Waals surface area contributed by atoms with Crippen LogP contribution >= 0.6 is 0 Å². The summed E-state index contributed by atoms with van der Waals surface area (Å²) in [6.45, 7) is 0.659. The van der Waals surface area contributed by atoms with Crippen molar-refractivity contribution < 1.29 is 0 Å². The fourth-order valence-electron chi connectivity index (χ4n) is 3.25. The lowest BCUT2D eigenvalue weighted by Crippen LogP contribution is -2.30. The summed E-state index contributed by atoms with van der Waals surface area (Å²) in [5.74, 6) is 0.936. The molecule has 0 saturated carbocycles. The van der Waals surface area contributed by atoms with Gasteiger partial charge in [-0.3, -0.25) is 9.36 Å². The van der Waals surface area contributed by atoms with Gasteiger partial charge in [0.15, 0.2) is 0 Å². The molecular formula is C18H16N2O. The molecule has 104 valence electrons. The topological polar surface area (TPSA) is 48.0 Å². The zero-order chi connectivity index (χ0) is 14.4. The second-order valence-electron chi connectivity index (χ2n) is 5.67. The highest BCUT2D eigenvalue weighted by molar-refractivity contribution is 5.83. The lowest BCUT2D eigenvalue weighted by Gasteiger charge is -2.31. The van der Waals surface area contributed by atoms with Crippen LogP contribution in [0, 0.1) is 0 Å². The van der Waals surface area contributed by atoms with Crippen LogP contribution in [-0.2, 0) is 13.0 Å². The number of fused-ring (bicyclic) bond motifs is 2. The van der Waals surface area contributed by atoms with E-state index in [1.807, 2.05) is 30.3 Å². The Morgan fingerprint density at radius 1 is 1.10 bits per heavy atom. The Balaban J connectivity index is 1.77. The highest BCUT2D eigenvalue weighted by Crippen LogP contribution is 2.36. The number of hydrogen-bond acceptors (Lipinski definition) is 2. The van der Waals surface area contributed by atoms with Crippen LogP contribution in [0.15, 0.2) is 59.4 Å². The van der Waals surface area contributed by atoms with E-state index >= 15 is 0 Å². The van der Waals surface area contributed by atoms with Crippen LogP contribution in [0.4, 0.5) is 5.82 Å². The molecule has 1 atom stereocenters. The molecular weight excluding hydrogens is 260 g/mol. The molecule has 0 amide bonds. The van der Waals surface area contributed by atoms with Gasteiger partial charge in [-0.1, -0.05) is 42.5 Å². The number of nitrogen functional groups attached to an aromatic ring is 1. The van der Waals surface area contributed by atoms with Gasteiger partial charge in [-0.2, -0.15) is 0 Å². The van der Waals surface area contributed by atoms with Crippen LogP contribution in [0.25, 0.3) is 10.8 Å². The molecule has 0 bridgehead atoms. The number of aromatic nitrogens is 1. The van der Waals surface area contributed by atoms with E-state index in [1.165, 1.54) is 11.1 Å². The van der Waals surface area contributed by atoms with Crippen molar-refractivity contribution in [1.82, 2.24) is 4.57 Å². The fourth-order valence-corrected chi connectivity index (χ4v) is 3.25. The molecule has 1 aliphatic carbocycles. The van der Waals surface area contributed by atoms with Crippen molar-refractivity contribution in [3.05, 3.63) is 76.1 Å². The Morgan fingerprint density at radius 3 is 2.71 bits per heavy atom. The van der Waals surface area contributed by atoms with E-state index in [0.717, 1.165) is 17.2 Å². The Bertz CT molecular complexity index is 895. The van der Waals surface area contributed by atoms with Crippen molar-refractivity contribution in [3.8, 4) is 0 Å². The Hall–Kier alpha value is -2.55. The summed E-state index contributed by atoms with van der Waals surface area (Å²) >= 11 is 0. The first-order valence-corrected chi connectivity index (χ1v) is 7.20. The van der Waals surface area contributed by atoms with E-state index in [9.17, 15) is 4.79 Å². The van der Waals surface area contributed by atoms with Crippen LogP contribution < -0.4 is 11.3 Å². The number of rotatable bonds is 2. The molecule has 1 aromatic heterocycles. The quantitative estimate of drug-likeness (QED) is 0.782. The van der Waals surface area contributed by atoms with Gasteiger partial charge >= 0.3 is 0 Å². The Labute approximate surface area is 122 Å². The minimum absolute atomic E-state index is 0.00924. The van der Waals surface area contributed by atoms with Crippen molar-refractivity contribution in [2.75, 3.05) is 5.73 Å². The number of anilines is 1. The number of hydrogen-bond donors (Lipinski definition) is 1. The van der Waals surface area contributed by atoms with Crippen LogP contribution in [0.3, 0.4) is 0 Å². The van der Waals surface area contributed by atoms with Crippen molar-refractivity contribution in [2.45, 2.75) is 18.9 Å². The third kappa shape index (κ3) is 1.85. The molecule has 2 N–H and O–H groups in total. The molecule has 0 spiro atoms. The maximum atomic E-state index is 12.6. The van der Waals surface area contributed by atoms with Crippen LogP contribution in [0.2, 0.25) is 0 Å². The van der Waals surface area contributed by atoms with Gasteiger partial charge in [0.25, 0.3) is 5.56 Å². The molecule has 0 aliphatic heterocycles. The molecule has 1 unspecified atom stereocenters. The molecule has 2 aromatic carbocycles. The van der Waals surface area contributed by atoms with Crippen LogP contribution in [0.5, 0.6) is 0 Å². The Morgan fingerprint density at radius 2 is 1.86 bits per heavy atom. The molecule has 0 fully saturated rings. The molecule has 3 aromatic rings. The lowest BCUT2D eigenvalue weighted by molar-refractivity contribution is 0.505. The fraction of sp³-hybridized carbons (Fsp3) is 0.167. The summed E-state index contributed by atoms with van der Waals surface area (Å²) in [6.07, 6.45) is 1.02. The first kappa shape index (κ1) is 12.2. The lowest BCUT2D eigenvalue weighted by atomic mass is 9.77. The largest absolute Gasteiger partial charge is 0.385 e. The standard InChI is InChI=1S/C18H16N2O/c19-17-10-13-6-2-4-8-16(13)18(21)20(17)11-14-9-12-5-1-3-7-15(12)14/h1-8,10,14H,9,11,19H2. The molecule has 1 aliphatic rings. The van der Waals surface area contributed by atoms with Gasteiger partial charge in [-0.25, -0.2) is 0 Å². The van der Waals surface area contributed by atoms with E-state index in [-0.39, 0.29) is 5.56 Å². The summed E-state index contributed by atoms with van der Waals surface area (Å²) in [5, 5.41) is 1.64. The van der Waals surface area contributed by atoms with Gasteiger partial charge in [-0.15, -0.1) is 0 Å². The van der Waals surface area contributed by atoms with Crippen LogP contribution in [0.1, 0.15) is 17.0 Å². The molecule has 3 heteroatoms. The summed E-state index contributed by atoms with van der Waals surface area (Å²) in [5.41, 5.74) is 8.84. The highest BCUT2D eigenvalue weighted by atomic mass is 16.1. The number of benzene rings is 2. The third-order valence-corrected chi connectivity index (χ3v) is 4.42. The average molecular weight is 276 g/mol. The highest BCUT2D eigenvalue weighted by Gasteiger charge is 2.26. The van der Waals surface area contributed by atoms with Crippen LogP contribution in [-0.4, -0.2) is 4.57 Å². The van der Waals surface area contributed by atoms with Gasteiger partial charge in [0, 0.05) is 17.8 Å². The van der Waals surface area contributed by atoms with E-state index < -0.39 is 0 Å². The van der Waals surface area contributed by atoms with Gasteiger partial charge in [0.05, 0.1) is 0 Å². The van der Waals surface area contributed by atoms with Gasteiger partial charge in [0.1, 0.15) is 5.82 Å². The minimum Gasteiger partial charge on any atom is -0.385 e. The van der Waals surface area contributed by atoms with Crippen molar-refractivity contribution in [2.24, 2.45) is 0 Å². The Kier molecular flexibility index (Phi) is 2.61. The van der Waals surface area contributed by atoms with Crippen molar-refractivity contribution >= 4 is 16.6 Å². The van der Waals surface area contributed by atoms with E-state index in [0.29, 0.717) is 18.3 Å².